The standard InChI is InChI=1S/C26H25OP/c1-5-13-23(14-6-1)21-27-22-28(24-15-7-2-8-16-24,25-17-9-3-10-18-25)26-19-11-4-12-20-26/h1-20,28H,21-22H2. The van der Waals surface area contributed by atoms with Crippen molar-refractivity contribution in [1.29, 1.82) is 0 Å². The molecule has 0 bridgehead atoms. The van der Waals surface area contributed by atoms with Crippen molar-refractivity contribution in [3.63, 3.8) is 0 Å². The Bertz CT molecular complexity index is 873. The van der Waals surface area contributed by atoms with Crippen LogP contribution in [0.2, 0.25) is 0 Å². The van der Waals surface area contributed by atoms with E-state index in [1.54, 1.807) is 0 Å². The van der Waals surface area contributed by atoms with Gasteiger partial charge >= 0.3 is 168 Å². The predicted octanol–water partition coefficient (Wildman–Crippen LogP) is 4.89. The Labute approximate surface area is 168 Å². The van der Waals surface area contributed by atoms with Crippen molar-refractivity contribution >= 4 is 23.2 Å². The van der Waals surface area contributed by atoms with E-state index in [4.69, 9.17) is 4.74 Å². The molecule has 0 saturated heterocycles. The summed E-state index contributed by atoms with van der Waals surface area (Å²) in [7, 11) is -2.30. The molecule has 140 valence electrons. The molecule has 0 heterocycles. The van der Waals surface area contributed by atoms with Gasteiger partial charge in [-0.25, -0.2) is 0 Å². The molecule has 4 aromatic rings. The monoisotopic (exact) mass is 384 g/mol. The van der Waals surface area contributed by atoms with Gasteiger partial charge in [0.05, 0.1) is 0 Å². The number of benzene rings is 4. The van der Waals surface area contributed by atoms with Crippen molar-refractivity contribution in [2.75, 3.05) is 6.35 Å². The third-order valence-electron chi connectivity index (χ3n) is 5.23. The molecule has 0 spiro atoms. The Morgan fingerprint density at radius 1 is 0.464 bits per heavy atom. The van der Waals surface area contributed by atoms with Crippen LogP contribution >= 0.6 is 7.26 Å². The van der Waals surface area contributed by atoms with E-state index in [0.29, 0.717) is 13.0 Å². The molecule has 0 saturated carbocycles. The van der Waals surface area contributed by atoms with Gasteiger partial charge in [-0.15, -0.1) is 0 Å². The molecule has 0 aliphatic carbocycles. The maximum absolute atomic E-state index is 6.41. The normalized spacial score (nSPS) is 11.9. The fourth-order valence-electron chi connectivity index (χ4n) is 3.81. The predicted molar refractivity (Wildman–Crippen MR) is 123 cm³/mol. The quantitative estimate of drug-likeness (QED) is 0.412. The van der Waals surface area contributed by atoms with Crippen LogP contribution in [0.25, 0.3) is 0 Å². The van der Waals surface area contributed by atoms with E-state index < -0.39 is 7.26 Å². The van der Waals surface area contributed by atoms with Gasteiger partial charge in [-0.2, -0.15) is 0 Å². The van der Waals surface area contributed by atoms with E-state index in [1.165, 1.54) is 21.5 Å². The van der Waals surface area contributed by atoms with Crippen molar-refractivity contribution in [3.8, 4) is 0 Å². The van der Waals surface area contributed by atoms with Crippen LogP contribution in [0.15, 0.2) is 121 Å². The Balaban J connectivity index is 1.79. The summed E-state index contributed by atoms with van der Waals surface area (Å²) >= 11 is 0. The zero-order valence-corrected chi connectivity index (χ0v) is 16.9. The van der Waals surface area contributed by atoms with Crippen LogP contribution in [0.5, 0.6) is 0 Å². The van der Waals surface area contributed by atoms with Gasteiger partial charge in [0.1, 0.15) is 0 Å². The molecule has 0 amide bonds. The molecule has 0 fully saturated rings. The zero-order valence-electron chi connectivity index (χ0n) is 15.9. The minimum absolute atomic E-state index is 0.627. The molecule has 4 rings (SSSR count). The third kappa shape index (κ3) is 3.92. The molecular weight excluding hydrogens is 359 g/mol. The Kier molecular flexibility index (Phi) is 5.97. The fraction of sp³-hybridized carbons (Fsp3) is 0.0769. The first-order valence-corrected chi connectivity index (χ1v) is 11.9. The van der Waals surface area contributed by atoms with Crippen LogP contribution in [-0.2, 0) is 11.3 Å². The second-order valence-electron chi connectivity index (χ2n) is 6.98. The molecule has 0 unspecified atom stereocenters. The summed E-state index contributed by atoms with van der Waals surface area (Å²) < 4.78 is 6.41. The first kappa shape index (κ1) is 18.6. The summed E-state index contributed by atoms with van der Waals surface area (Å²) in [6, 6.07) is 43.1. The SMILES string of the molecule is c1ccc(COC[PH](c2ccccc2)(c2ccccc2)c2ccccc2)cc1. The van der Waals surface area contributed by atoms with Crippen LogP contribution in [-0.4, -0.2) is 6.35 Å². The average Bonchev–Trinajstić information content (AvgIpc) is 2.79. The second kappa shape index (κ2) is 8.97. The summed E-state index contributed by atoms with van der Waals surface area (Å²) in [5, 5.41) is 4.13. The van der Waals surface area contributed by atoms with Crippen LogP contribution in [0, 0.1) is 0 Å². The Morgan fingerprint density at radius 2 is 0.821 bits per heavy atom. The van der Waals surface area contributed by atoms with Gasteiger partial charge in [0.2, 0.25) is 0 Å². The van der Waals surface area contributed by atoms with Crippen LogP contribution in [0.4, 0.5) is 0 Å². The van der Waals surface area contributed by atoms with Crippen molar-refractivity contribution in [3.05, 3.63) is 127 Å². The van der Waals surface area contributed by atoms with E-state index in [1.807, 2.05) is 6.07 Å². The molecule has 1 nitrogen and oxygen atoms in total. The molecular formula is C26H25OP. The summed E-state index contributed by atoms with van der Waals surface area (Å²) in [6.45, 7) is 0.627. The van der Waals surface area contributed by atoms with Gasteiger partial charge in [0.15, 0.2) is 0 Å². The maximum atomic E-state index is 6.41. The Hall–Kier alpha value is -2.73. The van der Waals surface area contributed by atoms with Gasteiger partial charge < -0.3 is 0 Å². The molecule has 0 N–H and O–H groups in total. The van der Waals surface area contributed by atoms with Gasteiger partial charge in [-0.1, -0.05) is 0 Å². The van der Waals surface area contributed by atoms with E-state index in [0.717, 1.165) is 0 Å². The van der Waals surface area contributed by atoms with Crippen molar-refractivity contribution in [2.24, 2.45) is 0 Å². The van der Waals surface area contributed by atoms with Crippen LogP contribution < -0.4 is 15.9 Å². The molecule has 0 aliphatic rings. The summed E-state index contributed by atoms with van der Waals surface area (Å²) in [4.78, 5) is 0. The van der Waals surface area contributed by atoms with E-state index in [9.17, 15) is 0 Å². The van der Waals surface area contributed by atoms with Crippen LogP contribution in [0.1, 0.15) is 5.56 Å². The zero-order chi connectivity index (χ0) is 19.1. The average molecular weight is 384 g/mol. The van der Waals surface area contributed by atoms with Gasteiger partial charge in [-0.05, 0) is 0 Å². The molecule has 0 radical (unpaired) electrons. The van der Waals surface area contributed by atoms with E-state index in [2.05, 4.69) is 115 Å². The first-order valence-electron chi connectivity index (χ1n) is 9.68. The number of hydrogen-bond donors (Lipinski definition) is 0. The molecule has 0 atom stereocenters. The van der Waals surface area contributed by atoms with Gasteiger partial charge in [0, 0.05) is 0 Å². The fourth-order valence-corrected chi connectivity index (χ4v) is 8.01. The number of ether oxygens (including phenoxy) is 1. The van der Waals surface area contributed by atoms with Crippen molar-refractivity contribution in [1.82, 2.24) is 0 Å². The summed E-state index contributed by atoms with van der Waals surface area (Å²) in [6.07, 6.45) is 0.708. The molecule has 2 heteroatoms. The Morgan fingerprint density at radius 3 is 1.21 bits per heavy atom. The first-order chi connectivity index (χ1) is 13.9. The molecule has 4 aromatic carbocycles. The number of rotatable bonds is 7. The van der Waals surface area contributed by atoms with Crippen molar-refractivity contribution < 1.29 is 4.74 Å². The molecule has 28 heavy (non-hydrogen) atoms. The minimum atomic E-state index is -2.30. The van der Waals surface area contributed by atoms with Gasteiger partial charge in [0.25, 0.3) is 0 Å². The third-order valence-corrected chi connectivity index (χ3v) is 9.82. The van der Waals surface area contributed by atoms with E-state index >= 15 is 0 Å². The molecule has 0 aliphatic heterocycles. The second-order valence-corrected chi connectivity index (χ2v) is 10.8. The van der Waals surface area contributed by atoms with Gasteiger partial charge in [-0.3, -0.25) is 0 Å². The van der Waals surface area contributed by atoms with E-state index in [-0.39, 0.29) is 0 Å². The number of hydrogen-bond acceptors (Lipinski definition) is 1. The topological polar surface area (TPSA) is 9.23 Å². The van der Waals surface area contributed by atoms with Crippen molar-refractivity contribution in [2.45, 2.75) is 6.61 Å². The van der Waals surface area contributed by atoms with Crippen LogP contribution in [0.3, 0.4) is 0 Å². The molecule has 0 aromatic heterocycles. The summed E-state index contributed by atoms with van der Waals surface area (Å²) in [5.74, 6) is 0. The summed E-state index contributed by atoms with van der Waals surface area (Å²) in [5.41, 5.74) is 1.21.